The molecular weight excluding hydrogens is 270 g/mol. The normalized spacial score (nSPS) is 25.7. The molecule has 0 saturated carbocycles. The van der Waals surface area contributed by atoms with Gasteiger partial charge in [0.05, 0.1) is 5.69 Å². The van der Waals surface area contributed by atoms with Gasteiger partial charge < -0.3 is 19.9 Å². The van der Waals surface area contributed by atoms with Crippen molar-refractivity contribution < 1.29 is 19.4 Å². The number of aliphatic hydroxyl groups excluding tert-OH is 1. The van der Waals surface area contributed by atoms with E-state index in [1.54, 1.807) is 13.0 Å². The number of anilines is 1. The van der Waals surface area contributed by atoms with Crippen molar-refractivity contribution in [3.05, 3.63) is 46.4 Å². The predicted octanol–water partition coefficient (Wildman–Crippen LogP) is 3.10. The Morgan fingerprint density at radius 3 is 2.57 bits per heavy atom. The lowest BCUT2D eigenvalue weighted by molar-refractivity contribution is -0.138. The zero-order valence-electron chi connectivity index (χ0n) is 12.4. The second-order valence-electron chi connectivity index (χ2n) is 5.50. The number of hydrogen-bond donors (Lipinski definition) is 2. The molecule has 1 aromatic rings. The Labute approximate surface area is 122 Å². The van der Waals surface area contributed by atoms with Crippen LogP contribution in [0.4, 0.5) is 5.69 Å². The van der Waals surface area contributed by atoms with Crippen LogP contribution in [-0.2, 0) is 9.53 Å². The standard InChI is InChI=1S/C16H17NO4/c1-8-5-12-13(6-9(8)2)21-16(17-12)7-10(3)20-15(19)14(16)11(4)18/h5-7,17-18H,1-4H3/b14-11-. The smallest absolute Gasteiger partial charge is 0.349 e. The molecule has 2 aliphatic rings. The number of allylic oxidation sites excluding steroid dienone is 2. The molecule has 2 N–H and O–H groups in total. The van der Waals surface area contributed by atoms with Gasteiger partial charge in [-0.3, -0.25) is 0 Å². The first-order valence-corrected chi connectivity index (χ1v) is 6.73. The lowest BCUT2D eigenvalue weighted by Gasteiger charge is -2.31. The van der Waals surface area contributed by atoms with Crippen LogP contribution in [0.5, 0.6) is 5.75 Å². The number of carbonyl (C=O) groups excluding carboxylic acids is 1. The monoisotopic (exact) mass is 287 g/mol. The highest BCUT2D eigenvalue weighted by Gasteiger charge is 2.49. The molecule has 2 heterocycles. The van der Waals surface area contributed by atoms with Crippen LogP contribution in [0.3, 0.4) is 0 Å². The largest absolute Gasteiger partial charge is 0.512 e. The third-order valence-electron chi connectivity index (χ3n) is 3.78. The molecule has 1 aromatic carbocycles. The van der Waals surface area contributed by atoms with Gasteiger partial charge in [-0.25, -0.2) is 4.79 Å². The zero-order chi connectivity index (χ0) is 15.4. The first-order chi connectivity index (χ1) is 9.82. The van der Waals surface area contributed by atoms with Crippen LogP contribution >= 0.6 is 0 Å². The number of esters is 1. The number of nitrogens with one attached hydrogen (secondary N) is 1. The first-order valence-electron chi connectivity index (χ1n) is 6.73. The average Bonchev–Trinajstić information content (AvgIpc) is 2.64. The molecule has 0 aliphatic carbocycles. The number of aryl methyl sites for hydroxylation is 2. The summed E-state index contributed by atoms with van der Waals surface area (Å²) in [6, 6.07) is 3.88. The number of benzene rings is 1. The highest BCUT2D eigenvalue weighted by Crippen LogP contribution is 2.45. The number of cyclic esters (lactones) is 1. The topological polar surface area (TPSA) is 67.8 Å². The van der Waals surface area contributed by atoms with Gasteiger partial charge in [0.1, 0.15) is 22.8 Å². The van der Waals surface area contributed by atoms with E-state index < -0.39 is 11.7 Å². The van der Waals surface area contributed by atoms with Gasteiger partial charge in [-0.1, -0.05) is 0 Å². The van der Waals surface area contributed by atoms with E-state index in [4.69, 9.17) is 9.47 Å². The Hall–Kier alpha value is -2.43. The van der Waals surface area contributed by atoms with Crippen LogP contribution in [0.25, 0.3) is 0 Å². The van der Waals surface area contributed by atoms with E-state index in [1.807, 2.05) is 26.0 Å². The molecule has 3 rings (SSSR count). The third-order valence-corrected chi connectivity index (χ3v) is 3.78. The maximum atomic E-state index is 12.1. The molecule has 0 radical (unpaired) electrons. The van der Waals surface area contributed by atoms with Gasteiger partial charge in [0.25, 0.3) is 0 Å². The van der Waals surface area contributed by atoms with E-state index in [2.05, 4.69) is 5.32 Å². The second kappa shape index (κ2) is 4.28. The number of ether oxygens (including phenoxy) is 2. The molecule has 1 atom stereocenters. The van der Waals surface area contributed by atoms with Crippen molar-refractivity contribution in [3.8, 4) is 5.75 Å². The summed E-state index contributed by atoms with van der Waals surface area (Å²) in [7, 11) is 0. The average molecular weight is 287 g/mol. The van der Waals surface area contributed by atoms with Gasteiger partial charge in [0.15, 0.2) is 0 Å². The van der Waals surface area contributed by atoms with Crippen LogP contribution in [0.15, 0.2) is 35.3 Å². The molecule has 0 fully saturated rings. The van der Waals surface area contributed by atoms with Crippen molar-refractivity contribution in [3.63, 3.8) is 0 Å². The molecule has 0 saturated heterocycles. The Morgan fingerprint density at radius 1 is 1.24 bits per heavy atom. The predicted molar refractivity (Wildman–Crippen MR) is 78.1 cm³/mol. The quantitative estimate of drug-likeness (QED) is 0.436. The van der Waals surface area contributed by atoms with Crippen LogP contribution in [-0.4, -0.2) is 16.8 Å². The molecule has 0 amide bonds. The second-order valence-corrected chi connectivity index (χ2v) is 5.50. The fourth-order valence-corrected chi connectivity index (χ4v) is 2.70. The zero-order valence-corrected chi connectivity index (χ0v) is 12.4. The summed E-state index contributed by atoms with van der Waals surface area (Å²) >= 11 is 0. The SMILES string of the molecule is CC1=CC2(Nc3cc(C)c(C)cc3O2)/C(=C(/C)O)C(=O)O1. The molecule has 5 nitrogen and oxygen atoms in total. The summed E-state index contributed by atoms with van der Waals surface area (Å²) in [5.74, 6) is 0.343. The van der Waals surface area contributed by atoms with E-state index in [9.17, 15) is 9.90 Å². The Morgan fingerprint density at radius 2 is 1.90 bits per heavy atom. The van der Waals surface area contributed by atoms with E-state index in [0.717, 1.165) is 16.8 Å². The van der Waals surface area contributed by atoms with Gasteiger partial charge in [0, 0.05) is 6.08 Å². The summed E-state index contributed by atoms with van der Waals surface area (Å²) in [4.78, 5) is 12.1. The number of aliphatic hydroxyl groups is 1. The molecular formula is C16H17NO4. The summed E-state index contributed by atoms with van der Waals surface area (Å²) in [5, 5.41) is 13.1. The van der Waals surface area contributed by atoms with Crippen molar-refractivity contribution >= 4 is 11.7 Å². The number of rotatable bonds is 0. The summed E-state index contributed by atoms with van der Waals surface area (Å²) in [6.45, 7) is 7.12. The Balaban J connectivity index is 2.16. The van der Waals surface area contributed by atoms with E-state index in [0.29, 0.717) is 11.5 Å². The molecule has 0 aromatic heterocycles. The summed E-state index contributed by atoms with van der Waals surface area (Å²) in [6.07, 6.45) is 1.66. The third kappa shape index (κ3) is 1.96. The molecule has 110 valence electrons. The van der Waals surface area contributed by atoms with E-state index in [1.165, 1.54) is 6.92 Å². The van der Waals surface area contributed by atoms with Crippen molar-refractivity contribution in [2.24, 2.45) is 0 Å². The highest BCUT2D eigenvalue weighted by atomic mass is 16.6. The lowest BCUT2D eigenvalue weighted by atomic mass is 9.98. The van der Waals surface area contributed by atoms with Crippen LogP contribution in [0.1, 0.15) is 25.0 Å². The van der Waals surface area contributed by atoms with Crippen molar-refractivity contribution in [2.75, 3.05) is 5.32 Å². The van der Waals surface area contributed by atoms with Crippen molar-refractivity contribution in [2.45, 2.75) is 33.4 Å². The Bertz CT molecular complexity index is 680. The number of hydrogen-bond acceptors (Lipinski definition) is 5. The fourth-order valence-electron chi connectivity index (χ4n) is 2.70. The number of fused-ring (bicyclic) bond motifs is 1. The van der Waals surface area contributed by atoms with E-state index >= 15 is 0 Å². The van der Waals surface area contributed by atoms with Gasteiger partial charge >= 0.3 is 5.97 Å². The van der Waals surface area contributed by atoms with Crippen LogP contribution < -0.4 is 10.1 Å². The van der Waals surface area contributed by atoms with Gasteiger partial charge in [-0.15, -0.1) is 0 Å². The van der Waals surface area contributed by atoms with Crippen molar-refractivity contribution in [1.82, 2.24) is 0 Å². The maximum absolute atomic E-state index is 12.1. The minimum atomic E-state index is -1.21. The molecule has 1 unspecified atom stereocenters. The molecule has 2 aliphatic heterocycles. The highest BCUT2D eigenvalue weighted by molar-refractivity contribution is 5.95. The number of carbonyl (C=O) groups is 1. The molecule has 5 heteroatoms. The van der Waals surface area contributed by atoms with Gasteiger partial charge in [0.2, 0.25) is 5.72 Å². The lowest BCUT2D eigenvalue weighted by Crippen LogP contribution is -2.47. The van der Waals surface area contributed by atoms with Crippen molar-refractivity contribution in [1.29, 1.82) is 0 Å². The van der Waals surface area contributed by atoms with Crippen LogP contribution in [0, 0.1) is 13.8 Å². The maximum Gasteiger partial charge on any atom is 0.349 e. The molecule has 0 bridgehead atoms. The van der Waals surface area contributed by atoms with Gasteiger partial charge in [-0.2, -0.15) is 0 Å². The minimum absolute atomic E-state index is 0.0691. The van der Waals surface area contributed by atoms with E-state index in [-0.39, 0.29) is 11.3 Å². The summed E-state index contributed by atoms with van der Waals surface area (Å²) in [5.41, 5.74) is 1.86. The first kappa shape index (κ1) is 13.5. The molecule has 1 spiro atoms. The molecule has 21 heavy (non-hydrogen) atoms. The fraction of sp³-hybridized carbons (Fsp3) is 0.312. The minimum Gasteiger partial charge on any atom is -0.512 e. The van der Waals surface area contributed by atoms with Gasteiger partial charge in [-0.05, 0) is 51.0 Å². The van der Waals surface area contributed by atoms with Crippen LogP contribution in [0.2, 0.25) is 0 Å². The Kier molecular flexibility index (Phi) is 2.76. The summed E-state index contributed by atoms with van der Waals surface area (Å²) < 4.78 is 11.1.